The number of rotatable bonds is 6. The van der Waals surface area contributed by atoms with Gasteiger partial charge in [0.15, 0.2) is 5.84 Å². The number of hydrogen-bond acceptors (Lipinski definition) is 4. The summed E-state index contributed by atoms with van der Waals surface area (Å²) in [6.45, 7) is 1.79. The van der Waals surface area contributed by atoms with E-state index in [1.54, 1.807) is 14.0 Å². The molecule has 1 amide bonds. The van der Waals surface area contributed by atoms with Crippen LogP contribution in [0.3, 0.4) is 0 Å². The lowest BCUT2D eigenvalue weighted by atomic mass is 9.97. The summed E-state index contributed by atoms with van der Waals surface area (Å²) in [5.41, 5.74) is 6.54. The van der Waals surface area contributed by atoms with Gasteiger partial charge in [0.2, 0.25) is 5.91 Å². The highest BCUT2D eigenvalue weighted by Crippen LogP contribution is 2.12. The molecular weight excluding hydrogens is 258 g/mol. The number of amides is 1. The molecule has 6 heteroatoms. The molecule has 0 aromatic heterocycles. The van der Waals surface area contributed by atoms with Crippen molar-refractivity contribution in [1.29, 1.82) is 0 Å². The predicted octanol–water partition coefficient (Wildman–Crippen LogP) is 0.431. The first-order chi connectivity index (χ1) is 9.45. The lowest BCUT2D eigenvalue weighted by Crippen LogP contribution is -2.43. The number of nitrogens with two attached hydrogens (primary N) is 1. The Kier molecular flexibility index (Phi) is 5.99. The van der Waals surface area contributed by atoms with Crippen LogP contribution < -0.4 is 5.73 Å². The molecule has 0 aliphatic heterocycles. The molecule has 4 N–H and O–H groups in total. The van der Waals surface area contributed by atoms with Crippen LogP contribution in [0.2, 0.25) is 0 Å². The van der Waals surface area contributed by atoms with Gasteiger partial charge in [0, 0.05) is 13.6 Å². The molecule has 2 atom stereocenters. The summed E-state index contributed by atoms with van der Waals surface area (Å²) in [5.74, 6) is -1.16. The first kappa shape index (κ1) is 16.0. The fraction of sp³-hybridized carbons (Fsp3) is 0.429. The average molecular weight is 279 g/mol. The molecule has 0 aliphatic carbocycles. The van der Waals surface area contributed by atoms with Gasteiger partial charge in [0.25, 0.3) is 0 Å². The van der Waals surface area contributed by atoms with E-state index in [9.17, 15) is 9.90 Å². The minimum absolute atomic E-state index is 0.128. The predicted molar refractivity (Wildman–Crippen MR) is 76.4 cm³/mol. The molecule has 6 nitrogen and oxygen atoms in total. The standard InChI is InChI=1S/C14H21N3O3/c1-10(18)9-17(2)14(19)12(13(15)16-20)8-11-6-4-3-5-7-11/h3-7,10,12,18,20H,8-9H2,1-2H3,(H2,15,16). The number of benzene rings is 1. The molecule has 110 valence electrons. The van der Waals surface area contributed by atoms with Crippen LogP contribution in [0, 0.1) is 5.92 Å². The SMILES string of the molecule is CC(O)CN(C)C(=O)C(Cc1ccccc1)C(N)=NO. The third-order valence-electron chi connectivity index (χ3n) is 2.97. The van der Waals surface area contributed by atoms with Crippen LogP contribution in [0.1, 0.15) is 12.5 Å². The van der Waals surface area contributed by atoms with Crippen LogP contribution in [-0.4, -0.2) is 46.7 Å². The topological polar surface area (TPSA) is 99.2 Å². The second kappa shape index (κ2) is 7.49. The van der Waals surface area contributed by atoms with Crippen LogP contribution in [-0.2, 0) is 11.2 Å². The summed E-state index contributed by atoms with van der Waals surface area (Å²) in [5, 5.41) is 21.1. The largest absolute Gasteiger partial charge is 0.409 e. The zero-order chi connectivity index (χ0) is 15.1. The molecule has 1 aromatic carbocycles. The van der Waals surface area contributed by atoms with Crippen molar-refractivity contribution < 1.29 is 15.1 Å². The van der Waals surface area contributed by atoms with Crippen LogP contribution >= 0.6 is 0 Å². The molecule has 1 aromatic rings. The molecule has 0 saturated carbocycles. The summed E-state index contributed by atoms with van der Waals surface area (Å²) in [6, 6.07) is 9.36. The van der Waals surface area contributed by atoms with Gasteiger partial charge in [0.05, 0.1) is 6.10 Å². The summed E-state index contributed by atoms with van der Waals surface area (Å²) in [4.78, 5) is 13.7. The van der Waals surface area contributed by atoms with Crippen molar-refractivity contribution in [3.63, 3.8) is 0 Å². The molecule has 0 spiro atoms. The second-order valence-corrected chi connectivity index (χ2v) is 4.83. The molecule has 0 bridgehead atoms. The van der Waals surface area contributed by atoms with Crippen LogP contribution in [0.15, 0.2) is 35.5 Å². The molecule has 0 aliphatic rings. The van der Waals surface area contributed by atoms with Crippen molar-refractivity contribution in [2.24, 2.45) is 16.8 Å². The first-order valence-corrected chi connectivity index (χ1v) is 6.40. The quantitative estimate of drug-likeness (QED) is 0.304. The summed E-state index contributed by atoms with van der Waals surface area (Å²) >= 11 is 0. The van der Waals surface area contributed by atoms with Crippen LogP contribution in [0.25, 0.3) is 0 Å². The fourth-order valence-corrected chi connectivity index (χ4v) is 1.99. The summed E-state index contributed by atoms with van der Waals surface area (Å²) in [6.07, 6.45) is -0.284. The third-order valence-corrected chi connectivity index (χ3v) is 2.97. The molecule has 0 fully saturated rings. The Bertz CT molecular complexity index is 460. The number of hydrogen-bond donors (Lipinski definition) is 3. The Labute approximate surface area is 118 Å². The van der Waals surface area contributed by atoms with Crippen molar-refractivity contribution in [2.45, 2.75) is 19.4 Å². The van der Waals surface area contributed by atoms with Gasteiger partial charge in [-0.3, -0.25) is 4.79 Å². The van der Waals surface area contributed by atoms with Gasteiger partial charge in [-0.15, -0.1) is 0 Å². The zero-order valence-corrected chi connectivity index (χ0v) is 11.7. The van der Waals surface area contributed by atoms with E-state index in [0.29, 0.717) is 6.42 Å². The normalized spacial score (nSPS) is 14.7. The van der Waals surface area contributed by atoms with Gasteiger partial charge in [0.1, 0.15) is 5.92 Å². The van der Waals surface area contributed by atoms with Gasteiger partial charge in [-0.2, -0.15) is 0 Å². The van der Waals surface area contributed by atoms with Gasteiger partial charge in [-0.25, -0.2) is 0 Å². The number of aliphatic hydroxyl groups excluding tert-OH is 1. The number of nitrogens with zero attached hydrogens (tertiary/aromatic N) is 2. The Morgan fingerprint density at radius 1 is 1.40 bits per heavy atom. The Balaban J connectivity index is 2.87. The van der Waals surface area contributed by atoms with Gasteiger partial charge in [-0.1, -0.05) is 35.5 Å². The minimum Gasteiger partial charge on any atom is -0.409 e. The minimum atomic E-state index is -0.744. The van der Waals surface area contributed by atoms with Crippen LogP contribution in [0.4, 0.5) is 0 Å². The number of oxime groups is 1. The first-order valence-electron chi connectivity index (χ1n) is 6.40. The molecule has 2 unspecified atom stereocenters. The van der Waals surface area contributed by atoms with E-state index in [-0.39, 0.29) is 18.3 Å². The molecule has 0 radical (unpaired) electrons. The van der Waals surface area contributed by atoms with Gasteiger partial charge in [-0.05, 0) is 18.9 Å². The molecule has 20 heavy (non-hydrogen) atoms. The van der Waals surface area contributed by atoms with Crippen molar-refractivity contribution >= 4 is 11.7 Å². The monoisotopic (exact) mass is 279 g/mol. The van der Waals surface area contributed by atoms with E-state index >= 15 is 0 Å². The Morgan fingerprint density at radius 2 is 2.00 bits per heavy atom. The zero-order valence-electron chi connectivity index (χ0n) is 11.7. The molecular formula is C14H21N3O3. The Hall–Kier alpha value is -2.08. The summed E-state index contributed by atoms with van der Waals surface area (Å²) < 4.78 is 0. The highest BCUT2D eigenvalue weighted by atomic mass is 16.4. The highest BCUT2D eigenvalue weighted by molar-refractivity contribution is 6.02. The van der Waals surface area contributed by atoms with Crippen LogP contribution in [0.5, 0.6) is 0 Å². The average Bonchev–Trinajstić information content (AvgIpc) is 2.43. The molecule has 0 heterocycles. The smallest absolute Gasteiger partial charge is 0.233 e. The van der Waals surface area contributed by atoms with Crippen molar-refractivity contribution in [3.05, 3.63) is 35.9 Å². The fourth-order valence-electron chi connectivity index (χ4n) is 1.99. The molecule has 0 saturated heterocycles. The van der Waals surface area contributed by atoms with Crippen molar-refractivity contribution in [1.82, 2.24) is 4.90 Å². The number of carbonyl (C=O) groups excluding carboxylic acids is 1. The number of likely N-dealkylation sites (N-methyl/N-ethyl adjacent to an activating group) is 1. The highest BCUT2D eigenvalue weighted by Gasteiger charge is 2.27. The second-order valence-electron chi connectivity index (χ2n) is 4.83. The maximum Gasteiger partial charge on any atom is 0.233 e. The number of carbonyl (C=O) groups is 1. The maximum absolute atomic E-state index is 12.3. The van der Waals surface area contributed by atoms with Gasteiger partial charge < -0.3 is 20.9 Å². The van der Waals surface area contributed by atoms with E-state index in [1.165, 1.54) is 4.90 Å². The van der Waals surface area contributed by atoms with Crippen molar-refractivity contribution in [3.8, 4) is 0 Å². The number of aliphatic hydroxyl groups is 1. The Morgan fingerprint density at radius 3 is 2.50 bits per heavy atom. The van der Waals surface area contributed by atoms with Gasteiger partial charge >= 0.3 is 0 Å². The van der Waals surface area contributed by atoms with E-state index in [0.717, 1.165) is 5.56 Å². The lowest BCUT2D eigenvalue weighted by Gasteiger charge is -2.24. The third kappa shape index (κ3) is 4.55. The van der Waals surface area contributed by atoms with E-state index in [4.69, 9.17) is 10.9 Å². The summed E-state index contributed by atoms with van der Waals surface area (Å²) in [7, 11) is 1.58. The van der Waals surface area contributed by atoms with E-state index in [1.807, 2.05) is 30.3 Å². The maximum atomic E-state index is 12.3. The van der Waals surface area contributed by atoms with E-state index in [2.05, 4.69) is 5.16 Å². The molecule has 1 rings (SSSR count). The number of amidine groups is 1. The lowest BCUT2D eigenvalue weighted by molar-refractivity contribution is -0.133. The van der Waals surface area contributed by atoms with Crippen molar-refractivity contribution in [2.75, 3.05) is 13.6 Å². The van der Waals surface area contributed by atoms with E-state index < -0.39 is 12.0 Å².